The van der Waals surface area contributed by atoms with E-state index in [2.05, 4.69) is 37.2 Å². The zero-order valence-electron chi connectivity index (χ0n) is 10.9. The number of esters is 1. The van der Waals surface area contributed by atoms with E-state index in [0.29, 0.717) is 0 Å². The van der Waals surface area contributed by atoms with Gasteiger partial charge in [-0.3, -0.25) is 0 Å². The topological polar surface area (TPSA) is 38.3 Å². The van der Waals surface area contributed by atoms with E-state index >= 15 is 0 Å². The SMILES string of the molecule is COC(=O)C(Nc1cccc(Br)c1)c1cc(Br)c(C)s1. The molecule has 0 fully saturated rings. The summed E-state index contributed by atoms with van der Waals surface area (Å²) < 4.78 is 6.85. The Bertz CT molecular complexity index is 608. The summed E-state index contributed by atoms with van der Waals surface area (Å²) in [5, 5.41) is 3.21. The van der Waals surface area contributed by atoms with Crippen LogP contribution in [-0.4, -0.2) is 13.1 Å². The first kappa shape index (κ1) is 15.5. The summed E-state index contributed by atoms with van der Waals surface area (Å²) >= 11 is 8.46. The number of ether oxygens (including phenoxy) is 1. The van der Waals surface area contributed by atoms with Crippen LogP contribution in [0, 0.1) is 6.92 Å². The highest BCUT2D eigenvalue weighted by molar-refractivity contribution is 9.10. The quantitative estimate of drug-likeness (QED) is 0.717. The van der Waals surface area contributed by atoms with Gasteiger partial charge in [0.2, 0.25) is 0 Å². The largest absolute Gasteiger partial charge is 0.467 e. The second kappa shape index (κ2) is 6.74. The molecule has 1 aromatic carbocycles. The standard InChI is InChI=1S/C14H13Br2NO2S/c1-8-11(16)7-12(20-8)13(14(18)19-2)17-10-5-3-4-9(15)6-10/h3-7,13,17H,1-2H3. The Hall–Kier alpha value is -0.850. The lowest BCUT2D eigenvalue weighted by molar-refractivity contribution is -0.141. The van der Waals surface area contributed by atoms with Crippen LogP contribution in [0.1, 0.15) is 15.8 Å². The molecule has 0 aliphatic heterocycles. The molecule has 2 aromatic rings. The third-order valence-electron chi connectivity index (χ3n) is 2.73. The molecule has 106 valence electrons. The van der Waals surface area contributed by atoms with Crippen molar-refractivity contribution in [3.05, 3.63) is 49.0 Å². The van der Waals surface area contributed by atoms with Gasteiger partial charge in [0.25, 0.3) is 0 Å². The molecule has 1 aromatic heterocycles. The molecule has 20 heavy (non-hydrogen) atoms. The van der Waals surface area contributed by atoms with Gasteiger partial charge in [0.05, 0.1) is 7.11 Å². The predicted octanol–water partition coefficient (Wildman–Crippen LogP) is 4.91. The van der Waals surface area contributed by atoms with Crippen LogP contribution in [-0.2, 0) is 9.53 Å². The summed E-state index contributed by atoms with van der Waals surface area (Å²) in [6.45, 7) is 2.01. The highest BCUT2D eigenvalue weighted by Crippen LogP contribution is 2.33. The second-order valence-electron chi connectivity index (χ2n) is 4.16. The Morgan fingerprint density at radius 3 is 2.65 bits per heavy atom. The van der Waals surface area contributed by atoms with Gasteiger partial charge >= 0.3 is 5.97 Å². The maximum absolute atomic E-state index is 12.0. The summed E-state index contributed by atoms with van der Waals surface area (Å²) in [5.41, 5.74) is 0.858. The smallest absolute Gasteiger partial charge is 0.333 e. The summed E-state index contributed by atoms with van der Waals surface area (Å²) in [6.07, 6.45) is 0. The van der Waals surface area contributed by atoms with E-state index in [-0.39, 0.29) is 5.97 Å². The Morgan fingerprint density at radius 2 is 2.10 bits per heavy atom. The normalized spacial score (nSPS) is 12.0. The average molecular weight is 419 g/mol. The number of carbonyl (C=O) groups excluding carboxylic acids is 1. The molecule has 2 rings (SSSR count). The number of benzene rings is 1. The van der Waals surface area contributed by atoms with Crippen LogP contribution >= 0.6 is 43.2 Å². The molecule has 1 heterocycles. The van der Waals surface area contributed by atoms with E-state index in [4.69, 9.17) is 4.74 Å². The van der Waals surface area contributed by atoms with Crippen molar-refractivity contribution < 1.29 is 9.53 Å². The number of methoxy groups -OCH3 is 1. The lowest BCUT2D eigenvalue weighted by atomic mass is 10.2. The zero-order chi connectivity index (χ0) is 14.7. The maximum atomic E-state index is 12.0. The molecule has 0 spiro atoms. The Balaban J connectivity index is 2.31. The highest BCUT2D eigenvalue weighted by atomic mass is 79.9. The Kier molecular flexibility index (Phi) is 5.23. The summed E-state index contributed by atoms with van der Waals surface area (Å²) in [7, 11) is 1.40. The minimum absolute atomic E-state index is 0.307. The molecule has 3 nitrogen and oxygen atoms in total. The van der Waals surface area contributed by atoms with Crippen molar-refractivity contribution in [2.24, 2.45) is 0 Å². The minimum Gasteiger partial charge on any atom is -0.467 e. The molecule has 0 saturated heterocycles. The van der Waals surface area contributed by atoms with Gasteiger partial charge in [0.1, 0.15) is 0 Å². The Labute approximate surface area is 138 Å². The van der Waals surface area contributed by atoms with Crippen LogP contribution in [0.5, 0.6) is 0 Å². The van der Waals surface area contributed by atoms with Crippen molar-refractivity contribution in [1.29, 1.82) is 0 Å². The molecule has 1 unspecified atom stereocenters. The monoisotopic (exact) mass is 417 g/mol. The fourth-order valence-corrected chi connectivity index (χ4v) is 3.73. The number of halogens is 2. The van der Waals surface area contributed by atoms with Gasteiger partial charge in [-0.25, -0.2) is 4.79 Å². The number of rotatable bonds is 4. The van der Waals surface area contributed by atoms with Crippen LogP contribution < -0.4 is 5.32 Å². The molecule has 0 radical (unpaired) electrons. The third kappa shape index (κ3) is 3.62. The average Bonchev–Trinajstić information content (AvgIpc) is 2.75. The van der Waals surface area contributed by atoms with Gasteiger partial charge in [-0.1, -0.05) is 22.0 Å². The molecule has 0 saturated carbocycles. The van der Waals surface area contributed by atoms with Crippen LogP contribution in [0.3, 0.4) is 0 Å². The van der Waals surface area contributed by atoms with Crippen molar-refractivity contribution in [2.45, 2.75) is 13.0 Å². The van der Waals surface area contributed by atoms with Gasteiger partial charge in [0.15, 0.2) is 6.04 Å². The van der Waals surface area contributed by atoms with Crippen LogP contribution in [0.4, 0.5) is 5.69 Å². The number of nitrogens with one attached hydrogen (secondary N) is 1. The fraction of sp³-hybridized carbons (Fsp3) is 0.214. The molecule has 0 aliphatic rings. The first-order chi connectivity index (χ1) is 9.51. The van der Waals surface area contributed by atoms with Crippen LogP contribution in [0.2, 0.25) is 0 Å². The number of anilines is 1. The summed E-state index contributed by atoms with van der Waals surface area (Å²) in [4.78, 5) is 14.1. The minimum atomic E-state index is -0.510. The van der Waals surface area contributed by atoms with Gasteiger partial charge in [-0.2, -0.15) is 0 Å². The fourth-order valence-electron chi connectivity index (χ4n) is 1.73. The Morgan fingerprint density at radius 1 is 1.35 bits per heavy atom. The van der Waals surface area contributed by atoms with E-state index < -0.39 is 6.04 Å². The van der Waals surface area contributed by atoms with Gasteiger partial charge in [-0.05, 0) is 47.1 Å². The number of hydrogen-bond donors (Lipinski definition) is 1. The van der Waals surface area contributed by atoms with E-state index in [1.807, 2.05) is 37.3 Å². The number of aryl methyl sites for hydroxylation is 1. The summed E-state index contributed by atoms with van der Waals surface area (Å²) in [6, 6.07) is 9.12. The molecular formula is C14H13Br2NO2S. The third-order valence-corrected chi connectivity index (χ3v) is 5.43. The predicted molar refractivity (Wildman–Crippen MR) is 89.3 cm³/mol. The number of hydrogen-bond acceptors (Lipinski definition) is 4. The van der Waals surface area contributed by atoms with Crippen molar-refractivity contribution >= 4 is 54.9 Å². The number of thiophene rings is 1. The van der Waals surface area contributed by atoms with Crippen molar-refractivity contribution in [3.8, 4) is 0 Å². The first-order valence-electron chi connectivity index (χ1n) is 5.87. The molecule has 0 aliphatic carbocycles. The van der Waals surface area contributed by atoms with Crippen molar-refractivity contribution in [2.75, 3.05) is 12.4 Å². The molecule has 6 heteroatoms. The zero-order valence-corrected chi connectivity index (χ0v) is 14.9. The second-order valence-corrected chi connectivity index (χ2v) is 7.22. The van der Waals surface area contributed by atoms with Crippen LogP contribution in [0.15, 0.2) is 39.3 Å². The maximum Gasteiger partial charge on any atom is 0.333 e. The molecule has 1 N–H and O–H groups in total. The lowest BCUT2D eigenvalue weighted by Crippen LogP contribution is -2.21. The summed E-state index contributed by atoms with van der Waals surface area (Å²) in [5.74, 6) is -0.307. The highest BCUT2D eigenvalue weighted by Gasteiger charge is 2.24. The first-order valence-corrected chi connectivity index (χ1v) is 8.27. The van der Waals surface area contributed by atoms with Gasteiger partial charge < -0.3 is 10.1 Å². The molecular weight excluding hydrogens is 406 g/mol. The van der Waals surface area contributed by atoms with E-state index in [9.17, 15) is 4.79 Å². The van der Waals surface area contributed by atoms with Gasteiger partial charge in [0, 0.05) is 24.4 Å². The lowest BCUT2D eigenvalue weighted by Gasteiger charge is -2.16. The van der Waals surface area contributed by atoms with E-state index in [0.717, 1.165) is 24.4 Å². The number of carbonyl (C=O) groups is 1. The van der Waals surface area contributed by atoms with Crippen LogP contribution in [0.25, 0.3) is 0 Å². The molecule has 0 bridgehead atoms. The molecule has 0 amide bonds. The van der Waals surface area contributed by atoms with Crippen molar-refractivity contribution in [3.63, 3.8) is 0 Å². The van der Waals surface area contributed by atoms with E-state index in [1.54, 1.807) is 11.3 Å². The van der Waals surface area contributed by atoms with E-state index in [1.165, 1.54) is 7.11 Å². The van der Waals surface area contributed by atoms with Gasteiger partial charge in [-0.15, -0.1) is 11.3 Å². The van der Waals surface area contributed by atoms with Crippen molar-refractivity contribution in [1.82, 2.24) is 0 Å². The molecule has 1 atom stereocenters.